The van der Waals surface area contributed by atoms with Gasteiger partial charge in [0.1, 0.15) is 10.8 Å². The molecule has 1 aliphatic rings. The first-order valence-electron chi connectivity index (χ1n) is 5.93. The smallest absolute Gasteiger partial charge is 0.399 e. The molecular formula is C12H15BClF2NO2. The number of pyridine rings is 1. The van der Waals surface area contributed by atoms with Crippen LogP contribution in [0.5, 0.6) is 0 Å². The predicted octanol–water partition coefficient (Wildman–Crippen LogP) is 2.97. The van der Waals surface area contributed by atoms with Crippen molar-refractivity contribution in [2.24, 2.45) is 0 Å². The van der Waals surface area contributed by atoms with Crippen molar-refractivity contribution in [3.63, 3.8) is 0 Å². The highest BCUT2D eigenvalue weighted by molar-refractivity contribution is 6.62. The molecule has 0 radical (unpaired) electrons. The maximum atomic E-state index is 12.7. The molecule has 1 aliphatic heterocycles. The van der Waals surface area contributed by atoms with Gasteiger partial charge in [0, 0.05) is 0 Å². The molecular weight excluding hydrogens is 274 g/mol. The number of halogens is 3. The van der Waals surface area contributed by atoms with E-state index in [0.29, 0.717) is 5.46 Å². The van der Waals surface area contributed by atoms with Gasteiger partial charge in [0.25, 0.3) is 6.43 Å². The maximum absolute atomic E-state index is 12.7. The molecule has 2 heterocycles. The zero-order valence-corrected chi connectivity index (χ0v) is 12.0. The molecule has 0 atom stereocenters. The van der Waals surface area contributed by atoms with E-state index in [1.54, 1.807) is 0 Å². The van der Waals surface area contributed by atoms with Crippen LogP contribution in [0.4, 0.5) is 8.78 Å². The molecule has 1 aromatic rings. The Morgan fingerprint density at radius 1 is 1.16 bits per heavy atom. The van der Waals surface area contributed by atoms with Crippen molar-refractivity contribution in [3.05, 3.63) is 23.0 Å². The first-order valence-corrected chi connectivity index (χ1v) is 6.31. The van der Waals surface area contributed by atoms with Crippen LogP contribution >= 0.6 is 11.6 Å². The van der Waals surface area contributed by atoms with E-state index in [9.17, 15) is 8.78 Å². The summed E-state index contributed by atoms with van der Waals surface area (Å²) >= 11 is 5.76. The molecule has 1 saturated heterocycles. The lowest BCUT2D eigenvalue weighted by molar-refractivity contribution is 0.00578. The third-order valence-electron chi connectivity index (χ3n) is 3.59. The molecule has 0 saturated carbocycles. The van der Waals surface area contributed by atoms with Crippen LogP contribution < -0.4 is 5.46 Å². The van der Waals surface area contributed by atoms with E-state index in [2.05, 4.69) is 4.98 Å². The largest absolute Gasteiger partial charge is 0.495 e. The second-order valence-corrected chi connectivity index (χ2v) is 5.92. The Hall–Kier alpha value is -0.715. The molecule has 3 nitrogen and oxygen atoms in total. The Morgan fingerprint density at radius 3 is 2.16 bits per heavy atom. The first-order chi connectivity index (χ1) is 8.62. The Morgan fingerprint density at radius 2 is 1.68 bits per heavy atom. The second kappa shape index (κ2) is 4.68. The average Bonchev–Trinajstić information content (AvgIpc) is 2.47. The minimum atomic E-state index is -2.68. The summed E-state index contributed by atoms with van der Waals surface area (Å²) in [6, 6.07) is 2.74. The van der Waals surface area contributed by atoms with Gasteiger partial charge in [-0.15, -0.1) is 0 Å². The third kappa shape index (κ3) is 2.76. The van der Waals surface area contributed by atoms with Crippen molar-refractivity contribution < 1.29 is 18.1 Å². The van der Waals surface area contributed by atoms with Gasteiger partial charge in [-0.25, -0.2) is 13.8 Å². The molecule has 104 valence electrons. The van der Waals surface area contributed by atoms with Crippen molar-refractivity contribution in [3.8, 4) is 0 Å². The Labute approximate surface area is 116 Å². The third-order valence-corrected chi connectivity index (χ3v) is 3.78. The van der Waals surface area contributed by atoms with Gasteiger partial charge >= 0.3 is 7.12 Å². The van der Waals surface area contributed by atoms with Crippen molar-refractivity contribution in [1.82, 2.24) is 4.98 Å². The van der Waals surface area contributed by atoms with Crippen molar-refractivity contribution in [1.29, 1.82) is 0 Å². The number of nitrogens with zero attached hydrogens (tertiary/aromatic N) is 1. The number of hydrogen-bond acceptors (Lipinski definition) is 3. The summed E-state index contributed by atoms with van der Waals surface area (Å²) in [5.41, 5.74) is -0.984. The van der Waals surface area contributed by atoms with E-state index in [1.807, 2.05) is 27.7 Å². The van der Waals surface area contributed by atoms with Gasteiger partial charge in [0.15, 0.2) is 0 Å². The number of alkyl halides is 2. The van der Waals surface area contributed by atoms with Crippen LogP contribution in [0.3, 0.4) is 0 Å². The van der Waals surface area contributed by atoms with Crippen LogP contribution in [0.15, 0.2) is 12.1 Å². The molecule has 7 heteroatoms. The van der Waals surface area contributed by atoms with E-state index in [1.165, 1.54) is 12.1 Å². The quantitative estimate of drug-likeness (QED) is 0.619. The van der Waals surface area contributed by atoms with Crippen molar-refractivity contribution in [2.75, 3.05) is 0 Å². The molecule has 0 aromatic carbocycles. The highest BCUT2D eigenvalue weighted by Gasteiger charge is 2.51. The molecule has 0 unspecified atom stereocenters. The summed E-state index contributed by atoms with van der Waals surface area (Å²) in [7, 11) is -0.719. The summed E-state index contributed by atoms with van der Waals surface area (Å²) in [5.74, 6) is 0. The summed E-state index contributed by atoms with van der Waals surface area (Å²) in [5, 5.41) is 0.00233. The number of rotatable bonds is 2. The minimum Gasteiger partial charge on any atom is -0.399 e. The fourth-order valence-electron chi connectivity index (χ4n) is 1.76. The van der Waals surface area contributed by atoms with Gasteiger partial charge in [-0.1, -0.05) is 11.6 Å². The van der Waals surface area contributed by atoms with E-state index in [4.69, 9.17) is 20.9 Å². The SMILES string of the molecule is CC1(C)OB(c2cc(Cl)nc(C(F)F)c2)OC1(C)C. The van der Waals surface area contributed by atoms with Crippen LogP contribution in [-0.4, -0.2) is 23.3 Å². The van der Waals surface area contributed by atoms with Crippen LogP contribution in [0, 0.1) is 0 Å². The molecule has 0 spiro atoms. The van der Waals surface area contributed by atoms with Gasteiger partial charge in [0.2, 0.25) is 0 Å². The maximum Gasteiger partial charge on any atom is 0.495 e. The van der Waals surface area contributed by atoms with Crippen LogP contribution in [0.2, 0.25) is 5.15 Å². The second-order valence-electron chi connectivity index (χ2n) is 5.54. The summed E-state index contributed by atoms with van der Waals surface area (Å²) in [6.45, 7) is 7.57. The zero-order chi connectivity index (χ0) is 14.4. The van der Waals surface area contributed by atoms with Gasteiger partial charge < -0.3 is 9.31 Å². The van der Waals surface area contributed by atoms with Crippen molar-refractivity contribution >= 4 is 24.2 Å². The monoisotopic (exact) mass is 289 g/mol. The van der Waals surface area contributed by atoms with Gasteiger partial charge in [-0.3, -0.25) is 0 Å². The van der Waals surface area contributed by atoms with Crippen molar-refractivity contribution in [2.45, 2.75) is 45.3 Å². The normalized spacial score (nSPS) is 21.2. The Kier molecular flexibility index (Phi) is 3.62. The predicted molar refractivity (Wildman–Crippen MR) is 69.9 cm³/mol. The van der Waals surface area contributed by atoms with Gasteiger partial charge in [-0.2, -0.15) is 0 Å². The van der Waals surface area contributed by atoms with E-state index in [0.717, 1.165) is 0 Å². The number of aromatic nitrogens is 1. The molecule has 0 aliphatic carbocycles. The number of hydrogen-bond donors (Lipinski definition) is 0. The molecule has 0 bridgehead atoms. The van der Waals surface area contributed by atoms with Gasteiger partial charge in [-0.05, 0) is 45.3 Å². The van der Waals surface area contributed by atoms with Crippen LogP contribution in [0.25, 0.3) is 0 Å². The van der Waals surface area contributed by atoms with E-state index in [-0.39, 0.29) is 10.8 Å². The highest BCUT2D eigenvalue weighted by Crippen LogP contribution is 2.36. The first kappa shape index (κ1) is 14.7. The lowest BCUT2D eigenvalue weighted by Crippen LogP contribution is -2.41. The Balaban J connectivity index is 2.34. The highest BCUT2D eigenvalue weighted by atomic mass is 35.5. The fraction of sp³-hybridized carbons (Fsp3) is 0.583. The van der Waals surface area contributed by atoms with Gasteiger partial charge in [0.05, 0.1) is 11.2 Å². The summed E-state index contributed by atoms with van der Waals surface area (Å²) in [4.78, 5) is 3.58. The molecule has 0 amide bonds. The molecule has 0 N–H and O–H groups in total. The van der Waals surface area contributed by atoms with Crippen LogP contribution in [0.1, 0.15) is 39.8 Å². The van der Waals surface area contributed by atoms with Crippen LogP contribution in [-0.2, 0) is 9.31 Å². The molecule has 19 heavy (non-hydrogen) atoms. The average molecular weight is 290 g/mol. The lowest BCUT2D eigenvalue weighted by Gasteiger charge is -2.32. The fourth-order valence-corrected chi connectivity index (χ4v) is 1.99. The van der Waals surface area contributed by atoms with E-state index < -0.39 is 24.7 Å². The standard InChI is InChI=1S/C12H15BClF2NO2/c1-11(2)12(3,4)19-13(18-11)7-5-8(10(15)16)17-9(14)6-7/h5-6,10H,1-4H3. The minimum absolute atomic E-state index is 0.00233. The molecule has 2 rings (SSSR count). The molecule has 1 aromatic heterocycles. The zero-order valence-electron chi connectivity index (χ0n) is 11.2. The summed E-state index contributed by atoms with van der Waals surface area (Å²) in [6.07, 6.45) is -2.68. The summed E-state index contributed by atoms with van der Waals surface area (Å²) < 4.78 is 37.0. The van der Waals surface area contributed by atoms with E-state index >= 15 is 0 Å². The topological polar surface area (TPSA) is 31.4 Å². The lowest BCUT2D eigenvalue weighted by atomic mass is 9.79. The molecule has 1 fully saturated rings. The Bertz CT molecular complexity index is 481.